The molecule has 5 rings (SSSR count). The zero-order chi connectivity index (χ0) is 26.7. The van der Waals surface area contributed by atoms with Crippen LogP contribution in [-0.2, 0) is 9.53 Å². The minimum absolute atomic E-state index is 0.0519. The Balaban J connectivity index is 0.00000156. The number of ether oxygens (including phenoxy) is 1. The summed E-state index contributed by atoms with van der Waals surface area (Å²) in [6.45, 7) is 11.1. The van der Waals surface area contributed by atoms with E-state index in [4.69, 9.17) is 4.74 Å². The Hall–Kier alpha value is -2.11. The molecule has 3 heterocycles. The van der Waals surface area contributed by atoms with E-state index in [1.165, 1.54) is 17.4 Å². The molecular weight excluding hydrogens is 483 g/mol. The van der Waals surface area contributed by atoms with Crippen molar-refractivity contribution in [2.24, 2.45) is 5.92 Å². The molecule has 2 saturated heterocycles. The molecule has 0 radical (unpaired) electrons. The summed E-state index contributed by atoms with van der Waals surface area (Å²) in [5.74, 6) is 0.421. The maximum atomic E-state index is 14.1. The lowest BCUT2D eigenvalue weighted by atomic mass is 9.83. The van der Waals surface area contributed by atoms with E-state index in [1.807, 2.05) is 34.6 Å². The van der Waals surface area contributed by atoms with Crippen molar-refractivity contribution in [2.45, 2.75) is 103 Å². The molecule has 1 saturated carbocycles. The second kappa shape index (κ2) is 11.7. The zero-order valence-corrected chi connectivity index (χ0v) is 24.3. The second-order valence-corrected chi connectivity index (χ2v) is 12.2. The van der Waals surface area contributed by atoms with Crippen LogP contribution in [-0.4, -0.2) is 58.7 Å². The highest BCUT2D eigenvalue weighted by Gasteiger charge is 2.49. The number of nitrogens with one attached hydrogen (secondary N) is 3. The molecule has 1 aromatic carbocycles. The number of nitrogens with zero attached hydrogens (tertiary/aromatic N) is 1. The Morgan fingerprint density at radius 3 is 2.57 bits per heavy atom. The summed E-state index contributed by atoms with van der Waals surface area (Å²) < 4.78 is 5.56. The Kier molecular flexibility index (Phi) is 8.85. The van der Waals surface area contributed by atoms with Gasteiger partial charge in [0.2, 0.25) is 5.91 Å². The molecule has 0 spiro atoms. The molecule has 2 aliphatic heterocycles. The number of alkyl carbamates (subject to hydrolysis) is 1. The third-order valence-electron chi connectivity index (χ3n) is 7.95. The molecule has 3 fully saturated rings. The van der Waals surface area contributed by atoms with Crippen molar-refractivity contribution in [3.8, 4) is 0 Å². The van der Waals surface area contributed by atoms with E-state index >= 15 is 0 Å². The first kappa shape index (κ1) is 27.9. The van der Waals surface area contributed by atoms with E-state index in [-0.39, 0.29) is 29.8 Å². The number of H-pyrrole nitrogens is 1. The van der Waals surface area contributed by atoms with E-state index in [0.29, 0.717) is 0 Å². The van der Waals surface area contributed by atoms with Crippen molar-refractivity contribution in [3.05, 3.63) is 30.0 Å². The lowest BCUT2D eigenvalue weighted by molar-refractivity contribution is -0.136. The summed E-state index contributed by atoms with van der Waals surface area (Å²) >= 11 is 0. The number of rotatable bonds is 4. The largest absolute Gasteiger partial charge is 0.444 e. The first-order valence-corrected chi connectivity index (χ1v) is 14.7. The van der Waals surface area contributed by atoms with Crippen LogP contribution in [0.1, 0.15) is 84.6 Å². The fourth-order valence-electron chi connectivity index (χ4n) is 6.42. The zero-order valence-electron chi connectivity index (χ0n) is 23.1. The van der Waals surface area contributed by atoms with Gasteiger partial charge in [-0.25, -0.2) is 4.79 Å². The number of carbonyl (C=O) groups excluding carboxylic acids is 2. The summed E-state index contributed by atoms with van der Waals surface area (Å²) in [5.41, 5.74) is 1.79. The number of carbonyl (C=O) groups is 2. The molecule has 7 nitrogen and oxygen atoms in total. The topological polar surface area (TPSA) is 86.5 Å². The monoisotopic (exact) mass is 528 g/mol. The Morgan fingerprint density at radius 2 is 1.86 bits per heavy atom. The predicted octanol–water partition coefficient (Wildman–Crippen LogP) is 4.82. The first-order chi connectivity index (χ1) is 17.7. The SMILES string of the molecule is CC.CC(C)(C)OC(=O)NC(C(=O)N1CCC2NC[C@H](c3c[nH]c4cc(P)ccc34)[C@H]21)C1CCCCC1. The minimum atomic E-state index is -0.602. The molecule has 1 aliphatic carbocycles. The van der Waals surface area contributed by atoms with Crippen LogP contribution in [0.2, 0.25) is 0 Å². The van der Waals surface area contributed by atoms with Gasteiger partial charge >= 0.3 is 6.09 Å². The van der Waals surface area contributed by atoms with E-state index < -0.39 is 17.7 Å². The number of fused-ring (bicyclic) bond motifs is 2. The molecule has 2 amide bonds. The first-order valence-electron chi connectivity index (χ1n) is 14.1. The van der Waals surface area contributed by atoms with Gasteiger partial charge in [0.1, 0.15) is 11.6 Å². The van der Waals surface area contributed by atoms with Crippen molar-refractivity contribution < 1.29 is 14.3 Å². The Bertz CT molecular complexity index is 1090. The highest BCUT2D eigenvalue weighted by Crippen LogP contribution is 2.39. The van der Waals surface area contributed by atoms with Crippen molar-refractivity contribution >= 4 is 37.4 Å². The number of aromatic amines is 1. The van der Waals surface area contributed by atoms with E-state index in [2.05, 4.69) is 54.2 Å². The Morgan fingerprint density at radius 1 is 1.14 bits per heavy atom. The molecule has 37 heavy (non-hydrogen) atoms. The van der Waals surface area contributed by atoms with Gasteiger partial charge in [-0.05, 0) is 62.9 Å². The maximum absolute atomic E-state index is 14.1. The van der Waals surface area contributed by atoms with Crippen molar-refractivity contribution in [1.82, 2.24) is 20.5 Å². The van der Waals surface area contributed by atoms with Gasteiger partial charge in [0.15, 0.2) is 0 Å². The summed E-state index contributed by atoms with van der Waals surface area (Å²) in [5, 5.41) is 9.06. The maximum Gasteiger partial charge on any atom is 0.408 e. The van der Waals surface area contributed by atoms with Gasteiger partial charge in [0.05, 0.1) is 6.04 Å². The quantitative estimate of drug-likeness (QED) is 0.497. The predicted molar refractivity (Wildman–Crippen MR) is 153 cm³/mol. The normalized spacial score (nSPS) is 24.8. The summed E-state index contributed by atoms with van der Waals surface area (Å²) in [7, 11) is 2.75. The van der Waals surface area contributed by atoms with Crippen LogP contribution >= 0.6 is 9.24 Å². The molecule has 1 aromatic heterocycles. The van der Waals surface area contributed by atoms with Crippen LogP contribution in [0, 0.1) is 5.92 Å². The fourth-order valence-corrected chi connectivity index (χ4v) is 6.68. The van der Waals surface area contributed by atoms with Crippen LogP contribution < -0.4 is 15.9 Å². The second-order valence-electron chi connectivity index (χ2n) is 11.5. The fraction of sp³-hybridized carbons (Fsp3) is 0.655. The van der Waals surface area contributed by atoms with Gasteiger partial charge in [0, 0.05) is 42.1 Å². The highest BCUT2D eigenvalue weighted by molar-refractivity contribution is 7.27. The smallest absolute Gasteiger partial charge is 0.408 e. The highest BCUT2D eigenvalue weighted by atomic mass is 31.0. The molecule has 2 aromatic rings. The molecular formula is C29H45N4O3P. The summed E-state index contributed by atoms with van der Waals surface area (Å²) in [4.78, 5) is 32.4. The van der Waals surface area contributed by atoms with Gasteiger partial charge in [-0.15, -0.1) is 9.24 Å². The van der Waals surface area contributed by atoms with Gasteiger partial charge in [0.25, 0.3) is 0 Å². The van der Waals surface area contributed by atoms with Gasteiger partial charge < -0.3 is 25.3 Å². The minimum Gasteiger partial charge on any atom is -0.444 e. The summed E-state index contributed by atoms with van der Waals surface area (Å²) in [6, 6.07) is 6.27. The average molecular weight is 529 g/mol. The van der Waals surface area contributed by atoms with Gasteiger partial charge in [-0.2, -0.15) is 0 Å². The third kappa shape index (κ3) is 6.15. The number of likely N-dealkylation sites (tertiary alicyclic amines) is 1. The van der Waals surface area contributed by atoms with Crippen molar-refractivity contribution in [2.75, 3.05) is 13.1 Å². The third-order valence-corrected chi connectivity index (χ3v) is 8.30. The molecule has 8 heteroatoms. The number of benzene rings is 1. The van der Waals surface area contributed by atoms with Crippen LogP contribution in [0.4, 0.5) is 4.79 Å². The van der Waals surface area contributed by atoms with Crippen LogP contribution in [0.3, 0.4) is 0 Å². The molecule has 3 unspecified atom stereocenters. The van der Waals surface area contributed by atoms with Crippen molar-refractivity contribution in [1.29, 1.82) is 0 Å². The number of amides is 2. The van der Waals surface area contributed by atoms with E-state index in [9.17, 15) is 9.59 Å². The number of hydrogen-bond acceptors (Lipinski definition) is 4. The molecule has 5 atom stereocenters. The standard InChI is InChI=1S/C27H39N4O3P.C2H6/c1-27(2,3)34-26(33)30-23(16-7-5-4-6-8-16)25(32)31-12-11-21-24(31)20(15-28-21)19-14-29-22-13-17(35)9-10-18(19)22;1-2/h9-10,13-14,16,20-21,23-24,28-29H,4-8,11-12,15,35H2,1-3H3,(H,30,33);1-2H3/t20-,21?,23?,24-;/m1./s1. The van der Waals surface area contributed by atoms with Crippen LogP contribution in [0.15, 0.2) is 24.4 Å². The lowest BCUT2D eigenvalue weighted by Gasteiger charge is -2.36. The number of hydrogen-bond donors (Lipinski definition) is 3. The Labute approximate surface area is 224 Å². The van der Waals surface area contributed by atoms with E-state index in [0.717, 1.165) is 56.0 Å². The van der Waals surface area contributed by atoms with Gasteiger partial charge in [-0.1, -0.05) is 45.2 Å². The summed E-state index contributed by atoms with van der Waals surface area (Å²) in [6.07, 6.45) is 7.90. The van der Waals surface area contributed by atoms with Crippen molar-refractivity contribution in [3.63, 3.8) is 0 Å². The lowest BCUT2D eigenvalue weighted by Crippen LogP contribution is -2.55. The molecule has 3 aliphatic rings. The van der Waals surface area contributed by atoms with E-state index in [1.54, 1.807) is 0 Å². The van der Waals surface area contributed by atoms with Crippen LogP contribution in [0.25, 0.3) is 10.9 Å². The average Bonchev–Trinajstić information content (AvgIpc) is 3.58. The molecule has 0 bridgehead atoms. The number of aromatic nitrogens is 1. The molecule has 204 valence electrons. The van der Waals surface area contributed by atoms with Gasteiger partial charge in [-0.3, -0.25) is 4.79 Å². The molecule has 3 N–H and O–H groups in total. The van der Waals surface area contributed by atoms with Crippen LogP contribution in [0.5, 0.6) is 0 Å².